The smallest absolute Gasteiger partial charge is 0.307 e. The highest BCUT2D eigenvalue weighted by Gasteiger charge is 2.12. The lowest BCUT2D eigenvalue weighted by atomic mass is 10.3. The number of hydrogen-bond donors (Lipinski definition) is 0. The standard InChI is InChI=1S/C10H17NO4/c1-4-15-10(14)5-6-11(3)9(13)7-8(2)12/h4-7H2,1-3H3. The summed E-state index contributed by atoms with van der Waals surface area (Å²) < 4.78 is 4.71. The molecule has 0 spiro atoms. The van der Waals surface area contributed by atoms with Gasteiger partial charge in [0.15, 0.2) is 0 Å². The van der Waals surface area contributed by atoms with Crippen molar-refractivity contribution < 1.29 is 19.1 Å². The number of ether oxygens (including phenoxy) is 1. The van der Waals surface area contributed by atoms with Gasteiger partial charge in [0.2, 0.25) is 5.91 Å². The molecule has 0 fully saturated rings. The summed E-state index contributed by atoms with van der Waals surface area (Å²) in [6.45, 7) is 3.70. The molecule has 0 aromatic heterocycles. The summed E-state index contributed by atoms with van der Waals surface area (Å²) in [5.41, 5.74) is 0. The SMILES string of the molecule is CCOC(=O)CCN(C)C(=O)CC(C)=O. The van der Waals surface area contributed by atoms with Gasteiger partial charge in [-0.3, -0.25) is 14.4 Å². The van der Waals surface area contributed by atoms with E-state index in [-0.39, 0.29) is 37.0 Å². The average molecular weight is 215 g/mol. The minimum absolute atomic E-state index is 0.112. The predicted octanol–water partition coefficient (Wildman–Crippen LogP) is 0.377. The van der Waals surface area contributed by atoms with Gasteiger partial charge in [0.25, 0.3) is 0 Å². The maximum Gasteiger partial charge on any atom is 0.307 e. The van der Waals surface area contributed by atoms with Crippen LogP contribution in [0.25, 0.3) is 0 Å². The van der Waals surface area contributed by atoms with Crippen molar-refractivity contribution >= 4 is 17.7 Å². The molecule has 0 aromatic carbocycles. The fraction of sp³-hybridized carbons (Fsp3) is 0.700. The summed E-state index contributed by atoms with van der Waals surface area (Å²) in [6.07, 6.45) is 0.0489. The van der Waals surface area contributed by atoms with Crippen molar-refractivity contribution in [1.82, 2.24) is 4.90 Å². The predicted molar refractivity (Wildman–Crippen MR) is 54.2 cm³/mol. The Labute approximate surface area is 89.4 Å². The van der Waals surface area contributed by atoms with Crippen molar-refractivity contribution in [2.75, 3.05) is 20.2 Å². The topological polar surface area (TPSA) is 63.7 Å². The Balaban J connectivity index is 3.82. The Morgan fingerprint density at radius 2 is 1.87 bits per heavy atom. The monoisotopic (exact) mass is 215 g/mol. The fourth-order valence-electron chi connectivity index (χ4n) is 0.965. The fourth-order valence-corrected chi connectivity index (χ4v) is 0.965. The van der Waals surface area contributed by atoms with E-state index in [0.717, 1.165) is 0 Å². The zero-order valence-electron chi connectivity index (χ0n) is 9.41. The highest BCUT2D eigenvalue weighted by Crippen LogP contribution is 1.95. The zero-order chi connectivity index (χ0) is 11.8. The molecule has 0 N–H and O–H groups in total. The first kappa shape index (κ1) is 13.6. The van der Waals surface area contributed by atoms with Crippen LogP contribution in [-0.4, -0.2) is 42.8 Å². The molecular formula is C10H17NO4. The van der Waals surface area contributed by atoms with Crippen LogP contribution in [0.1, 0.15) is 26.7 Å². The summed E-state index contributed by atoms with van der Waals surface area (Å²) in [5, 5.41) is 0. The van der Waals surface area contributed by atoms with Crippen LogP contribution in [0.2, 0.25) is 0 Å². The first-order valence-electron chi connectivity index (χ1n) is 4.86. The van der Waals surface area contributed by atoms with Gasteiger partial charge in [-0.15, -0.1) is 0 Å². The van der Waals surface area contributed by atoms with Gasteiger partial charge >= 0.3 is 5.97 Å². The molecule has 0 aliphatic heterocycles. The van der Waals surface area contributed by atoms with E-state index in [0.29, 0.717) is 6.61 Å². The van der Waals surface area contributed by atoms with E-state index in [1.807, 2.05) is 0 Å². The van der Waals surface area contributed by atoms with Gasteiger partial charge in [-0.05, 0) is 13.8 Å². The first-order chi connectivity index (χ1) is 6.97. The number of ketones is 1. The molecule has 0 bridgehead atoms. The van der Waals surface area contributed by atoms with Gasteiger partial charge in [0.1, 0.15) is 5.78 Å². The lowest BCUT2D eigenvalue weighted by Crippen LogP contribution is -2.30. The zero-order valence-corrected chi connectivity index (χ0v) is 9.41. The van der Waals surface area contributed by atoms with Crippen molar-refractivity contribution in [3.05, 3.63) is 0 Å². The second kappa shape index (κ2) is 6.98. The van der Waals surface area contributed by atoms with Crippen LogP contribution in [0.3, 0.4) is 0 Å². The van der Waals surface area contributed by atoms with E-state index in [4.69, 9.17) is 4.74 Å². The molecule has 0 aliphatic carbocycles. The minimum Gasteiger partial charge on any atom is -0.466 e. The molecule has 0 atom stereocenters. The summed E-state index contributed by atoms with van der Waals surface area (Å²) >= 11 is 0. The molecule has 0 aromatic rings. The molecule has 86 valence electrons. The number of esters is 1. The van der Waals surface area contributed by atoms with Crippen molar-refractivity contribution in [3.63, 3.8) is 0 Å². The third kappa shape index (κ3) is 6.65. The van der Waals surface area contributed by atoms with Gasteiger partial charge < -0.3 is 9.64 Å². The van der Waals surface area contributed by atoms with Gasteiger partial charge in [0, 0.05) is 13.6 Å². The molecule has 0 unspecified atom stereocenters. The number of amides is 1. The number of Topliss-reactive ketones (excluding diaryl/α,β-unsaturated/α-hetero) is 1. The molecule has 0 aliphatic rings. The molecule has 1 amide bonds. The normalized spacial score (nSPS) is 9.53. The maximum absolute atomic E-state index is 11.3. The van der Waals surface area contributed by atoms with E-state index in [1.54, 1.807) is 14.0 Å². The maximum atomic E-state index is 11.3. The van der Waals surface area contributed by atoms with Crippen LogP contribution in [0.4, 0.5) is 0 Å². The third-order valence-electron chi connectivity index (χ3n) is 1.78. The van der Waals surface area contributed by atoms with Crippen LogP contribution in [0.15, 0.2) is 0 Å². The van der Waals surface area contributed by atoms with Crippen LogP contribution in [0.5, 0.6) is 0 Å². The van der Waals surface area contributed by atoms with Gasteiger partial charge in [0.05, 0.1) is 19.4 Å². The number of carbonyl (C=O) groups excluding carboxylic acids is 3. The Morgan fingerprint density at radius 3 is 2.33 bits per heavy atom. The first-order valence-corrected chi connectivity index (χ1v) is 4.86. The average Bonchev–Trinajstić information content (AvgIpc) is 2.13. The van der Waals surface area contributed by atoms with E-state index >= 15 is 0 Å². The molecule has 15 heavy (non-hydrogen) atoms. The molecule has 0 radical (unpaired) electrons. The quantitative estimate of drug-likeness (QED) is 0.474. The summed E-state index contributed by atoms with van der Waals surface area (Å²) in [4.78, 5) is 34.3. The molecule has 0 heterocycles. The Kier molecular flexibility index (Phi) is 6.33. The largest absolute Gasteiger partial charge is 0.466 e. The Hall–Kier alpha value is -1.39. The van der Waals surface area contributed by atoms with E-state index in [9.17, 15) is 14.4 Å². The number of rotatable bonds is 6. The van der Waals surface area contributed by atoms with E-state index in [2.05, 4.69) is 0 Å². The molecule has 5 nitrogen and oxygen atoms in total. The van der Waals surface area contributed by atoms with Crippen molar-refractivity contribution in [1.29, 1.82) is 0 Å². The van der Waals surface area contributed by atoms with Gasteiger partial charge in [-0.2, -0.15) is 0 Å². The molecule has 0 saturated heterocycles. The van der Waals surface area contributed by atoms with Crippen LogP contribution in [-0.2, 0) is 19.1 Å². The van der Waals surface area contributed by atoms with Crippen LogP contribution < -0.4 is 0 Å². The molecular weight excluding hydrogens is 198 g/mol. The second-order valence-corrected chi connectivity index (χ2v) is 3.25. The van der Waals surface area contributed by atoms with E-state index < -0.39 is 0 Å². The van der Waals surface area contributed by atoms with Gasteiger partial charge in [-0.1, -0.05) is 0 Å². The lowest BCUT2D eigenvalue weighted by Gasteiger charge is -2.15. The lowest BCUT2D eigenvalue weighted by molar-refractivity contribution is -0.143. The highest BCUT2D eigenvalue weighted by molar-refractivity contribution is 5.96. The van der Waals surface area contributed by atoms with Crippen LogP contribution >= 0.6 is 0 Å². The highest BCUT2D eigenvalue weighted by atomic mass is 16.5. The van der Waals surface area contributed by atoms with Crippen LogP contribution in [0, 0.1) is 0 Å². The summed E-state index contributed by atoms with van der Waals surface area (Å²) in [6, 6.07) is 0. The molecule has 5 heteroatoms. The van der Waals surface area contributed by atoms with Crippen molar-refractivity contribution in [3.8, 4) is 0 Å². The van der Waals surface area contributed by atoms with E-state index in [1.165, 1.54) is 11.8 Å². The van der Waals surface area contributed by atoms with Crippen molar-refractivity contribution in [2.45, 2.75) is 26.7 Å². The number of hydrogen-bond acceptors (Lipinski definition) is 4. The Bertz CT molecular complexity index is 250. The summed E-state index contributed by atoms with van der Waals surface area (Å²) in [7, 11) is 1.56. The molecule has 0 rings (SSSR count). The third-order valence-corrected chi connectivity index (χ3v) is 1.78. The van der Waals surface area contributed by atoms with Crippen molar-refractivity contribution in [2.24, 2.45) is 0 Å². The minimum atomic E-state index is -0.333. The summed E-state index contributed by atoms with van der Waals surface area (Å²) in [5.74, 6) is -0.783. The molecule has 0 saturated carbocycles. The number of nitrogens with zero attached hydrogens (tertiary/aromatic N) is 1. The number of carbonyl (C=O) groups is 3. The second-order valence-electron chi connectivity index (χ2n) is 3.25. The Morgan fingerprint density at radius 1 is 1.27 bits per heavy atom. The van der Waals surface area contributed by atoms with Gasteiger partial charge in [-0.25, -0.2) is 0 Å².